The van der Waals surface area contributed by atoms with Gasteiger partial charge in [0.2, 0.25) is 0 Å². The second-order valence-corrected chi connectivity index (χ2v) is 4.03. The van der Waals surface area contributed by atoms with E-state index in [9.17, 15) is 9.59 Å². The van der Waals surface area contributed by atoms with Crippen LogP contribution in [0, 0.1) is 0 Å². The number of nitrogens with zero attached hydrogens (tertiary/aromatic N) is 2. The first-order valence-electron chi connectivity index (χ1n) is 4.19. The Morgan fingerprint density at radius 3 is 2.33 bits per heavy atom. The van der Waals surface area contributed by atoms with E-state index >= 15 is 0 Å². The van der Waals surface area contributed by atoms with E-state index in [0.717, 1.165) is 4.90 Å². The Kier molecular flexibility index (Phi) is 2.19. The van der Waals surface area contributed by atoms with E-state index in [-0.39, 0.29) is 11.8 Å². The lowest BCUT2D eigenvalue weighted by atomic mass is 10.1. The number of rotatable bonds is 1. The van der Waals surface area contributed by atoms with Crippen molar-refractivity contribution in [2.24, 2.45) is 4.99 Å². The third-order valence-corrected chi connectivity index (χ3v) is 2.96. The number of benzene rings is 1. The van der Waals surface area contributed by atoms with Crippen LogP contribution in [0.4, 0.5) is 5.69 Å². The largest absolute Gasteiger partial charge is 0.277 e. The van der Waals surface area contributed by atoms with Crippen LogP contribution in [0.3, 0.4) is 0 Å². The second kappa shape index (κ2) is 3.27. The summed E-state index contributed by atoms with van der Waals surface area (Å²) < 4.78 is 0.660. The summed E-state index contributed by atoms with van der Waals surface area (Å²) in [6, 6.07) is 3.17. The van der Waals surface area contributed by atoms with E-state index in [4.69, 9.17) is 0 Å². The van der Waals surface area contributed by atoms with Gasteiger partial charge in [-0.25, -0.2) is 0 Å². The minimum absolute atomic E-state index is 0.286. The predicted octanol–water partition coefficient (Wildman–Crippen LogP) is 2.01. The molecule has 0 N–H and O–H groups in total. The van der Waals surface area contributed by atoms with Crippen molar-refractivity contribution in [2.75, 3.05) is 7.05 Å². The molecule has 1 aliphatic heterocycles. The highest BCUT2D eigenvalue weighted by Gasteiger charge is 2.33. The Morgan fingerprint density at radius 2 is 1.80 bits per heavy atom. The lowest BCUT2D eigenvalue weighted by molar-refractivity contribution is 0.0693. The van der Waals surface area contributed by atoms with Crippen molar-refractivity contribution < 1.29 is 9.59 Å². The molecule has 0 unspecified atom stereocenters. The molecule has 76 valence electrons. The molecule has 1 aromatic rings. The van der Waals surface area contributed by atoms with Crippen LogP contribution < -0.4 is 0 Å². The summed E-state index contributed by atoms with van der Waals surface area (Å²) in [6.45, 7) is 3.39. The minimum Gasteiger partial charge on any atom is -0.277 e. The molecular weight excluding hydrogens is 260 g/mol. The molecule has 2 rings (SSSR count). The average molecular weight is 267 g/mol. The maximum atomic E-state index is 11.6. The summed E-state index contributed by atoms with van der Waals surface area (Å²) in [5, 5.41) is 0. The Bertz CT molecular complexity index is 496. The quantitative estimate of drug-likeness (QED) is 0.577. The maximum absolute atomic E-state index is 11.6. The molecular formula is C10H7BrN2O2. The number of halogens is 1. The van der Waals surface area contributed by atoms with Crippen molar-refractivity contribution in [1.82, 2.24) is 4.90 Å². The van der Waals surface area contributed by atoms with Crippen LogP contribution in [0.2, 0.25) is 0 Å². The lowest BCUT2D eigenvalue weighted by Crippen LogP contribution is -2.24. The van der Waals surface area contributed by atoms with Gasteiger partial charge in [-0.1, -0.05) is 0 Å². The smallest absolute Gasteiger partial charge is 0.261 e. The van der Waals surface area contributed by atoms with Crippen LogP contribution in [-0.2, 0) is 0 Å². The third kappa shape index (κ3) is 1.31. The third-order valence-electron chi connectivity index (χ3n) is 2.33. The zero-order valence-electron chi connectivity index (χ0n) is 7.95. The molecule has 0 radical (unpaired) electrons. The SMILES string of the molecule is C=Nc1cc2c(cc1Br)C(=O)N(C)C2=O. The summed E-state index contributed by atoms with van der Waals surface area (Å²) in [6.07, 6.45) is 0. The van der Waals surface area contributed by atoms with Crippen molar-refractivity contribution in [3.8, 4) is 0 Å². The van der Waals surface area contributed by atoms with Gasteiger partial charge in [-0.2, -0.15) is 0 Å². The summed E-state index contributed by atoms with van der Waals surface area (Å²) in [4.78, 5) is 28.1. The van der Waals surface area contributed by atoms with E-state index in [1.54, 1.807) is 12.1 Å². The number of fused-ring (bicyclic) bond motifs is 1. The number of amides is 2. The van der Waals surface area contributed by atoms with Gasteiger partial charge in [0.25, 0.3) is 11.8 Å². The minimum atomic E-state index is -0.299. The molecule has 15 heavy (non-hydrogen) atoms. The first-order chi connectivity index (χ1) is 7.06. The van der Waals surface area contributed by atoms with Crippen LogP contribution in [0.15, 0.2) is 21.6 Å². The van der Waals surface area contributed by atoms with Gasteiger partial charge in [-0.15, -0.1) is 0 Å². The van der Waals surface area contributed by atoms with Gasteiger partial charge in [-0.3, -0.25) is 19.5 Å². The molecule has 0 bridgehead atoms. The molecule has 1 aromatic carbocycles. The number of aliphatic imine (C=N–C) groups is 1. The molecule has 1 heterocycles. The number of hydrogen-bond acceptors (Lipinski definition) is 3. The maximum Gasteiger partial charge on any atom is 0.261 e. The fourth-order valence-corrected chi connectivity index (χ4v) is 1.96. The highest BCUT2D eigenvalue weighted by Crippen LogP contribution is 2.32. The number of hydrogen-bond donors (Lipinski definition) is 0. The first kappa shape index (κ1) is 10.0. The summed E-state index contributed by atoms with van der Waals surface area (Å²) in [5.74, 6) is -0.585. The standard InChI is InChI=1S/C10H7BrN2O2/c1-12-8-4-6-5(3-7(8)11)9(14)13(2)10(6)15/h3-4H,1H2,2H3. The van der Waals surface area contributed by atoms with Crippen LogP contribution in [0.1, 0.15) is 20.7 Å². The first-order valence-corrected chi connectivity index (χ1v) is 4.98. The van der Waals surface area contributed by atoms with Gasteiger partial charge >= 0.3 is 0 Å². The van der Waals surface area contributed by atoms with E-state index in [0.29, 0.717) is 21.3 Å². The molecule has 0 saturated carbocycles. The molecule has 0 saturated heterocycles. The van der Waals surface area contributed by atoms with E-state index in [2.05, 4.69) is 27.6 Å². The molecule has 0 fully saturated rings. The Labute approximate surface area is 94.7 Å². The molecule has 2 amide bonds. The highest BCUT2D eigenvalue weighted by atomic mass is 79.9. The van der Waals surface area contributed by atoms with Crippen LogP contribution in [-0.4, -0.2) is 30.5 Å². The monoisotopic (exact) mass is 266 g/mol. The fraction of sp³-hybridized carbons (Fsp3) is 0.100. The topological polar surface area (TPSA) is 49.7 Å². The van der Waals surface area contributed by atoms with Crippen molar-refractivity contribution in [3.63, 3.8) is 0 Å². The van der Waals surface area contributed by atoms with Crippen molar-refractivity contribution in [2.45, 2.75) is 0 Å². The van der Waals surface area contributed by atoms with E-state index in [1.807, 2.05) is 0 Å². The van der Waals surface area contributed by atoms with Gasteiger partial charge < -0.3 is 0 Å². The van der Waals surface area contributed by atoms with E-state index in [1.165, 1.54) is 7.05 Å². The summed E-state index contributed by atoms with van der Waals surface area (Å²) >= 11 is 3.26. The van der Waals surface area contributed by atoms with Crippen LogP contribution >= 0.6 is 15.9 Å². The van der Waals surface area contributed by atoms with Gasteiger partial charge in [0.1, 0.15) is 0 Å². The van der Waals surface area contributed by atoms with Gasteiger partial charge in [-0.05, 0) is 34.8 Å². The highest BCUT2D eigenvalue weighted by molar-refractivity contribution is 9.10. The Morgan fingerprint density at radius 1 is 1.27 bits per heavy atom. The van der Waals surface area contributed by atoms with Gasteiger partial charge in [0, 0.05) is 11.5 Å². The Balaban J connectivity index is 2.71. The summed E-state index contributed by atoms with van der Waals surface area (Å²) in [5.41, 5.74) is 1.35. The molecule has 0 aromatic heterocycles. The van der Waals surface area contributed by atoms with Crippen LogP contribution in [0.25, 0.3) is 0 Å². The molecule has 0 aliphatic carbocycles. The molecule has 4 nitrogen and oxygen atoms in total. The van der Waals surface area contributed by atoms with Crippen LogP contribution in [0.5, 0.6) is 0 Å². The molecule has 0 spiro atoms. The average Bonchev–Trinajstić information content (AvgIpc) is 2.43. The predicted molar refractivity (Wildman–Crippen MR) is 59.8 cm³/mol. The van der Waals surface area contributed by atoms with Gasteiger partial charge in [0.15, 0.2) is 0 Å². The zero-order valence-corrected chi connectivity index (χ0v) is 9.54. The normalized spacial score (nSPS) is 14.4. The number of carbonyl (C=O) groups excluding carboxylic acids is 2. The van der Waals surface area contributed by atoms with Crippen molar-refractivity contribution >= 4 is 40.1 Å². The fourth-order valence-electron chi connectivity index (χ4n) is 1.49. The number of carbonyl (C=O) groups is 2. The summed E-state index contributed by atoms with van der Waals surface area (Å²) in [7, 11) is 1.46. The van der Waals surface area contributed by atoms with E-state index < -0.39 is 0 Å². The molecule has 5 heteroatoms. The molecule has 0 atom stereocenters. The zero-order chi connectivity index (χ0) is 11.2. The van der Waals surface area contributed by atoms with Crippen molar-refractivity contribution in [1.29, 1.82) is 0 Å². The van der Waals surface area contributed by atoms with Gasteiger partial charge in [0.05, 0.1) is 16.8 Å². The molecule has 1 aliphatic rings. The number of imide groups is 1. The second-order valence-electron chi connectivity index (χ2n) is 3.18. The van der Waals surface area contributed by atoms with Crippen molar-refractivity contribution in [3.05, 3.63) is 27.7 Å². The lowest BCUT2D eigenvalue weighted by Gasteiger charge is -2.02. The Hall–Kier alpha value is -1.49.